The number of hydrogen-bond acceptors (Lipinski definition) is 6. The van der Waals surface area contributed by atoms with Gasteiger partial charge in [0.15, 0.2) is 11.5 Å². The predicted octanol–water partition coefficient (Wildman–Crippen LogP) is 5.01. The predicted molar refractivity (Wildman–Crippen MR) is 125 cm³/mol. The molecule has 1 N–H and O–H groups in total. The van der Waals surface area contributed by atoms with Gasteiger partial charge in [0.2, 0.25) is 0 Å². The number of aromatic nitrogens is 3. The van der Waals surface area contributed by atoms with E-state index in [-0.39, 0.29) is 0 Å². The smallest absolute Gasteiger partial charge is 0.490 e. The van der Waals surface area contributed by atoms with Crippen LogP contribution < -0.4 is 4.74 Å². The number of carboxylic acids is 1. The van der Waals surface area contributed by atoms with Gasteiger partial charge in [-0.15, -0.1) is 0 Å². The van der Waals surface area contributed by atoms with Gasteiger partial charge >= 0.3 is 12.1 Å². The Morgan fingerprint density at radius 1 is 1.22 bits per heavy atom. The Morgan fingerprint density at radius 3 is 2.72 bits per heavy atom. The minimum absolute atomic E-state index is 0.357. The van der Waals surface area contributed by atoms with Crippen LogP contribution in [0.2, 0.25) is 0 Å². The molecule has 0 radical (unpaired) electrons. The summed E-state index contributed by atoms with van der Waals surface area (Å²) in [6.07, 6.45) is 2.81. The van der Waals surface area contributed by atoms with Crippen molar-refractivity contribution in [2.75, 3.05) is 20.2 Å². The summed E-state index contributed by atoms with van der Waals surface area (Å²) in [6.45, 7) is 3.00. The first-order valence-corrected chi connectivity index (χ1v) is 11.3. The lowest BCUT2D eigenvalue weighted by Crippen LogP contribution is -2.34. The van der Waals surface area contributed by atoms with Crippen LogP contribution in [0.1, 0.15) is 30.1 Å². The van der Waals surface area contributed by atoms with Crippen molar-refractivity contribution >= 4 is 11.6 Å². The molecule has 1 fully saturated rings. The number of hydrogen-bond donors (Lipinski definition) is 1. The summed E-state index contributed by atoms with van der Waals surface area (Å²) >= 11 is 0. The molecule has 5 rings (SSSR count). The van der Waals surface area contributed by atoms with Crippen molar-refractivity contribution in [1.29, 1.82) is 0 Å². The molecule has 0 bridgehead atoms. The zero-order chi connectivity index (χ0) is 25.7. The van der Waals surface area contributed by atoms with Crippen LogP contribution in [0.5, 0.6) is 5.75 Å². The van der Waals surface area contributed by atoms with E-state index >= 15 is 0 Å². The summed E-state index contributed by atoms with van der Waals surface area (Å²) in [7, 11) is 1.69. The SMILES string of the molecule is COc1cccc(-c2ccc3nc(C4CCCN(Cc5ccoc5)C4)nn3c2)c1.O=C(O)C(F)(F)F. The number of alkyl halides is 3. The van der Waals surface area contributed by atoms with Crippen molar-refractivity contribution in [3.8, 4) is 16.9 Å². The molecule has 3 aromatic heterocycles. The van der Waals surface area contributed by atoms with Crippen LogP contribution in [0.3, 0.4) is 0 Å². The van der Waals surface area contributed by atoms with E-state index in [0.717, 1.165) is 60.8 Å². The number of halogens is 3. The zero-order valence-electron chi connectivity index (χ0n) is 19.5. The molecule has 1 saturated heterocycles. The first kappa shape index (κ1) is 25.2. The number of furan rings is 1. The number of methoxy groups -OCH3 is 1. The second-order valence-corrected chi connectivity index (χ2v) is 8.43. The van der Waals surface area contributed by atoms with E-state index in [2.05, 4.69) is 17.0 Å². The van der Waals surface area contributed by atoms with Gasteiger partial charge in [0.05, 0.1) is 19.6 Å². The van der Waals surface area contributed by atoms with Crippen molar-refractivity contribution in [2.24, 2.45) is 0 Å². The maximum atomic E-state index is 10.6. The van der Waals surface area contributed by atoms with Gasteiger partial charge in [0.25, 0.3) is 0 Å². The Labute approximate surface area is 204 Å². The lowest BCUT2D eigenvalue weighted by molar-refractivity contribution is -0.192. The summed E-state index contributed by atoms with van der Waals surface area (Å²) in [5.74, 6) is -0.616. The quantitative estimate of drug-likeness (QED) is 0.410. The van der Waals surface area contributed by atoms with Crippen molar-refractivity contribution in [2.45, 2.75) is 31.5 Å². The van der Waals surface area contributed by atoms with E-state index in [4.69, 9.17) is 29.1 Å². The average Bonchev–Trinajstić information content (AvgIpc) is 3.53. The molecule has 1 atom stereocenters. The second kappa shape index (κ2) is 10.8. The minimum atomic E-state index is -5.08. The molecule has 1 aromatic carbocycles. The molecule has 4 aromatic rings. The lowest BCUT2D eigenvalue weighted by atomic mass is 9.97. The van der Waals surface area contributed by atoms with Gasteiger partial charge in [-0.25, -0.2) is 14.3 Å². The fourth-order valence-corrected chi connectivity index (χ4v) is 4.10. The van der Waals surface area contributed by atoms with Crippen LogP contribution in [0.15, 0.2) is 65.6 Å². The summed E-state index contributed by atoms with van der Waals surface area (Å²) < 4.78 is 44.2. The lowest BCUT2D eigenvalue weighted by Gasteiger charge is -2.30. The van der Waals surface area contributed by atoms with E-state index in [0.29, 0.717) is 5.92 Å². The molecule has 8 nitrogen and oxygen atoms in total. The van der Waals surface area contributed by atoms with Gasteiger partial charge in [-0.05, 0) is 55.3 Å². The van der Waals surface area contributed by atoms with Gasteiger partial charge in [-0.3, -0.25) is 4.90 Å². The Kier molecular flexibility index (Phi) is 7.58. The molecule has 11 heteroatoms. The Bertz CT molecular complexity index is 1300. The van der Waals surface area contributed by atoms with E-state index in [1.807, 2.05) is 47.3 Å². The standard InChI is InChI=1S/C23H24N4O2.C2HF3O2/c1-28-21-6-2-4-18(12-21)19-7-8-22-24-23(25-27(22)15-19)20-5-3-10-26(14-20)13-17-9-11-29-16-17;3-2(4,5)1(6)7/h2,4,6-9,11-12,15-16,20H,3,5,10,13-14H2,1H3;(H,6,7). The first-order chi connectivity index (χ1) is 17.2. The summed E-state index contributed by atoms with van der Waals surface area (Å²) in [4.78, 5) is 16.2. The van der Waals surface area contributed by atoms with Crippen molar-refractivity contribution < 1.29 is 32.2 Å². The number of piperidine rings is 1. The van der Waals surface area contributed by atoms with E-state index in [1.54, 1.807) is 13.4 Å². The number of benzene rings is 1. The molecule has 0 aliphatic carbocycles. The summed E-state index contributed by atoms with van der Waals surface area (Å²) in [5.41, 5.74) is 4.31. The topological polar surface area (TPSA) is 93.1 Å². The Morgan fingerprint density at radius 2 is 2.03 bits per heavy atom. The summed E-state index contributed by atoms with van der Waals surface area (Å²) in [5, 5.41) is 12.0. The third-order valence-corrected chi connectivity index (χ3v) is 5.85. The molecule has 36 heavy (non-hydrogen) atoms. The fourth-order valence-electron chi connectivity index (χ4n) is 4.10. The molecular weight excluding hydrogens is 477 g/mol. The fraction of sp³-hybridized carbons (Fsp3) is 0.320. The third kappa shape index (κ3) is 6.22. The molecule has 4 heterocycles. The second-order valence-electron chi connectivity index (χ2n) is 8.43. The molecule has 0 spiro atoms. The molecule has 1 aliphatic rings. The molecule has 0 saturated carbocycles. The van der Waals surface area contributed by atoms with E-state index in [1.165, 1.54) is 5.56 Å². The number of rotatable bonds is 5. The molecule has 1 unspecified atom stereocenters. The van der Waals surface area contributed by atoms with Crippen LogP contribution in [0.4, 0.5) is 13.2 Å². The number of pyridine rings is 1. The van der Waals surface area contributed by atoms with Gasteiger partial charge in [0.1, 0.15) is 5.75 Å². The monoisotopic (exact) mass is 502 g/mol. The highest BCUT2D eigenvalue weighted by Crippen LogP contribution is 2.28. The summed E-state index contributed by atoms with van der Waals surface area (Å²) in [6, 6.07) is 14.2. The van der Waals surface area contributed by atoms with E-state index in [9.17, 15) is 13.2 Å². The normalized spacial score (nSPS) is 16.4. The molecule has 190 valence electrons. The van der Waals surface area contributed by atoms with Crippen LogP contribution in [-0.4, -0.2) is 56.9 Å². The Balaban J connectivity index is 0.000000384. The largest absolute Gasteiger partial charge is 0.497 e. The highest BCUT2D eigenvalue weighted by atomic mass is 19.4. The number of ether oxygens (including phenoxy) is 1. The van der Waals surface area contributed by atoms with Gasteiger partial charge in [0, 0.05) is 36.3 Å². The van der Waals surface area contributed by atoms with Gasteiger partial charge in [-0.1, -0.05) is 12.1 Å². The minimum Gasteiger partial charge on any atom is -0.497 e. The molecular formula is C25H25F3N4O4. The number of aliphatic carboxylic acids is 1. The zero-order valence-corrected chi connectivity index (χ0v) is 19.5. The number of carbonyl (C=O) groups is 1. The maximum Gasteiger partial charge on any atom is 0.490 e. The highest BCUT2D eigenvalue weighted by molar-refractivity contribution is 5.73. The number of fused-ring (bicyclic) bond motifs is 1. The van der Waals surface area contributed by atoms with Crippen molar-refractivity contribution in [3.05, 3.63) is 72.6 Å². The van der Waals surface area contributed by atoms with Crippen LogP contribution in [-0.2, 0) is 11.3 Å². The number of carboxylic acid groups (broad SMARTS) is 1. The number of nitrogens with zero attached hydrogens (tertiary/aromatic N) is 4. The van der Waals surface area contributed by atoms with Gasteiger partial charge < -0.3 is 14.3 Å². The van der Waals surface area contributed by atoms with Crippen LogP contribution in [0.25, 0.3) is 16.8 Å². The van der Waals surface area contributed by atoms with Crippen LogP contribution in [0, 0.1) is 0 Å². The maximum absolute atomic E-state index is 10.6. The van der Waals surface area contributed by atoms with Crippen molar-refractivity contribution in [1.82, 2.24) is 19.5 Å². The van der Waals surface area contributed by atoms with Gasteiger partial charge in [-0.2, -0.15) is 18.3 Å². The van der Waals surface area contributed by atoms with Crippen LogP contribution >= 0.6 is 0 Å². The molecule has 0 amide bonds. The number of likely N-dealkylation sites (tertiary alicyclic amines) is 1. The van der Waals surface area contributed by atoms with E-state index < -0.39 is 12.1 Å². The first-order valence-electron chi connectivity index (χ1n) is 11.3. The average molecular weight is 502 g/mol. The highest BCUT2D eigenvalue weighted by Gasteiger charge is 2.38. The third-order valence-electron chi connectivity index (χ3n) is 5.85. The van der Waals surface area contributed by atoms with Crippen molar-refractivity contribution in [3.63, 3.8) is 0 Å². The molecule has 1 aliphatic heterocycles. The Hall–Kier alpha value is -3.86.